The lowest BCUT2D eigenvalue weighted by atomic mass is 9.97. The molecule has 0 aromatic carbocycles. The Bertz CT molecular complexity index is 224. The number of ether oxygens (including phenoxy) is 2. The third-order valence-electron chi connectivity index (χ3n) is 2.98. The molecule has 1 aliphatic rings. The minimum Gasteiger partial charge on any atom is -0.391 e. The second kappa shape index (κ2) is 6.63. The summed E-state index contributed by atoms with van der Waals surface area (Å²) in [6.45, 7) is 1.64. The molecule has 6 nitrogen and oxygen atoms in total. The van der Waals surface area contributed by atoms with Crippen molar-refractivity contribution in [1.29, 1.82) is 0 Å². The van der Waals surface area contributed by atoms with Gasteiger partial charge in [0.05, 0.1) is 13.2 Å². The van der Waals surface area contributed by atoms with Gasteiger partial charge in [-0.25, -0.2) is 0 Å². The Morgan fingerprint density at radius 2 is 2.00 bits per heavy atom. The summed E-state index contributed by atoms with van der Waals surface area (Å²) in [7, 11) is 0. The lowest BCUT2D eigenvalue weighted by molar-refractivity contribution is -0.348. The second-order valence-corrected chi connectivity index (χ2v) is 4.34. The van der Waals surface area contributed by atoms with Crippen molar-refractivity contribution >= 4 is 0 Å². The van der Waals surface area contributed by atoms with Crippen LogP contribution in [0.15, 0.2) is 0 Å². The largest absolute Gasteiger partial charge is 0.391 e. The van der Waals surface area contributed by atoms with E-state index in [2.05, 4.69) is 0 Å². The molecular formula is C11H22O6. The Kier molecular flexibility index (Phi) is 5.78. The summed E-state index contributed by atoms with van der Waals surface area (Å²) in [5.41, 5.74) is 0. The third kappa shape index (κ3) is 3.37. The van der Waals surface area contributed by atoms with Crippen molar-refractivity contribution in [2.45, 2.75) is 50.3 Å². The molecule has 0 unspecified atom stereocenters. The Morgan fingerprint density at radius 3 is 2.59 bits per heavy atom. The summed E-state index contributed by atoms with van der Waals surface area (Å²) in [6, 6.07) is 0. The minimum atomic E-state index is -1.62. The fourth-order valence-corrected chi connectivity index (χ4v) is 1.79. The van der Waals surface area contributed by atoms with Gasteiger partial charge in [0.1, 0.15) is 24.9 Å². The van der Waals surface area contributed by atoms with E-state index in [9.17, 15) is 20.4 Å². The molecule has 0 saturated carbocycles. The van der Waals surface area contributed by atoms with Crippen molar-refractivity contribution in [3.8, 4) is 0 Å². The minimum absolute atomic E-state index is 0.174. The first-order chi connectivity index (χ1) is 8.07. The fraction of sp³-hybridized carbons (Fsp3) is 1.00. The van der Waals surface area contributed by atoms with Crippen LogP contribution in [0.4, 0.5) is 0 Å². The molecule has 1 heterocycles. The van der Waals surface area contributed by atoms with Gasteiger partial charge in [-0.2, -0.15) is 0 Å². The van der Waals surface area contributed by atoms with Gasteiger partial charge in [0, 0.05) is 0 Å². The summed E-state index contributed by atoms with van der Waals surface area (Å²) >= 11 is 0. The van der Waals surface area contributed by atoms with Crippen LogP contribution in [0, 0.1) is 0 Å². The van der Waals surface area contributed by atoms with Crippen LogP contribution in [0.1, 0.15) is 26.2 Å². The lowest BCUT2D eigenvalue weighted by Gasteiger charge is -2.43. The van der Waals surface area contributed by atoms with Gasteiger partial charge < -0.3 is 29.9 Å². The maximum Gasteiger partial charge on any atom is 0.221 e. The number of aliphatic hydroxyl groups excluding tert-OH is 4. The van der Waals surface area contributed by atoms with E-state index >= 15 is 0 Å². The van der Waals surface area contributed by atoms with Gasteiger partial charge in [-0.15, -0.1) is 0 Å². The summed E-state index contributed by atoms with van der Waals surface area (Å²) in [6.07, 6.45) is -1.21. The average Bonchev–Trinajstić information content (AvgIpc) is 2.35. The van der Waals surface area contributed by atoms with Crippen molar-refractivity contribution in [2.24, 2.45) is 0 Å². The topological polar surface area (TPSA) is 99.4 Å². The van der Waals surface area contributed by atoms with E-state index in [-0.39, 0.29) is 6.61 Å². The van der Waals surface area contributed by atoms with E-state index in [0.717, 1.165) is 19.3 Å². The van der Waals surface area contributed by atoms with Crippen molar-refractivity contribution in [3.63, 3.8) is 0 Å². The zero-order valence-electron chi connectivity index (χ0n) is 10.1. The molecule has 17 heavy (non-hydrogen) atoms. The molecule has 1 saturated heterocycles. The molecule has 0 aromatic rings. The summed E-state index contributed by atoms with van der Waals surface area (Å²) in [5, 5.41) is 37.9. The van der Waals surface area contributed by atoms with Gasteiger partial charge in [-0.05, 0) is 6.42 Å². The van der Waals surface area contributed by atoms with Crippen LogP contribution in [0.2, 0.25) is 0 Å². The van der Waals surface area contributed by atoms with E-state index in [1.54, 1.807) is 0 Å². The molecule has 102 valence electrons. The van der Waals surface area contributed by atoms with Gasteiger partial charge in [-0.1, -0.05) is 19.8 Å². The molecule has 6 heteroatoms. The molecular weight excluding hydrogens is 228 g/mol. The number of rotatable bonds is 6. The molecule has 0 aliphatic carbocycles. The SMILES string of the molecule is CCCCCO[C@]1(CO)OC[C@H](O)[C@@H](O)[C@@H]1O. The highest BCUT2D eigenvalue weighted by Crippen LogP contribution is 2.27. The summed E-state index contributed by atoms with van der Waals surface area (Å²) in [4.78, 5) is 0. The number of hydrogen-bond acceptors (Lipinski definition) is 6. The molecule has 0 amide bonds. The molecule has 1 rings (SSSR count). The average molecular weight is 250 g/mol. The normalized spacial score (nSPS) is 38.3. The Hall–Kier alpha value is -0.240. The zero-order valence-corrected chi connectivity index (χ0v) is 10.1. The van der Waals surface area contributed by atoms with Gasteiger partial charge in [0.25, 0.3) is 0 Å². The molecule has 1 fully saturated rings. The molecule has 4 N–H and O–H groups in total. The standard InChI is InChI=1S/C11H22O6/c1-2-3-4-5-16-11(7-12)10(15)9(14)8(13)6-17-11/h8-10,12-15H,2-7H2,1H3/t8-,9+,10-,11+/m0/s1. The third-order valence-corrected chi connectivity index (χ3v) is 2.98. The molecule has 1 aliphatic heterocycles. The van der Waals surface area contributed by atoms with Crippen LogP contribution in [-0.4, -0.2) is 64.3 Å². The predicted octanol–water partition coefficient (Wildman–Crippen LogP) is -1.01. The molecule has 4 atom stereocenters. The zero-order chi connectivity index (χ0) is 12.9. The molecule has 0 bridgehead atoms. The Morgan fingerprint density at radius 1 is 1.29 bits per heavy atom. The smallest absolute Gasteiger partial charge is 0.221 e. The number of aliphatic hydroxyl groups is 4. The maximum absolute atomic E-state index is 9.79. The number of unbranched alkanes of at least 4 members (excludes halogenated alkanes) is 2. The van der Waals surface area contributed by atoms with Gasteiger partial charge in [0.2, 0.25) is 5.79 Å². The van der Waals surface area contributed by atoms with Crippen LogP contribution >= 0.6 is 0 Å². The van der Waals surface area contributed by atoms with E-state index in [0.29, 0.717) is 6.61 Å². The quantitative estimate of drug-likeness (QED) is 0.451. The van der Waals surface area contributed by atoms with Crippen molar-refractivity contribution < 1.29 is 29.9 Å². The first-order valence-corrected chi connectivity index (χ1v) is 6.00. The first-order valence-electron chi connectivity index (χ1n) is 6.00. The van der Waals surface area contributed by atoms with E-state index in [4.69, 9.17) is 9.47 Å². The lowest BCUT2D eigenvalue weighted by Crippen LogP contribution is -2.63. The highest BCUT2D eigenvalue weighted by Gasteiger charge is 2.50. The maximum atomic E-state index is 9.79. The van der Waals surface area contributed by atoms with E-state index in [1.807, 2.05) is 6.92 Å². The Labute approximate surface area is 101 Å². The van der Waals surface area contributed by atoms with Crippen molar-refractivity contribution in [3.05, 3.63) is 0 Å². The monoisotopic (exact) mass is 250 g/mol. The Balaban J connectivity index is 2.54. The van der Waals surface area contributed by atoms with E-state index < -0.39 is 30.7 Å². The fourth-order valence-electron chi connectivity index (χ4n) is 1.79. The van der Waals surface area contributed by atoms with Crippen molar-refractivity contribution in [1.82, 2.24) is 0 Å². The first kappa shape index (κ1) is 14.8. The molecule has 0 aromatic heterocycles. The van der Waals surface area contributed by atoms with Gasteiger partial charge >= 0.3 is 0 Å². The van der Waals surface area contributed by atoms with Gasteiger partial charge in [-0.3, -0.25) is 0 Å². The van der Waals surface area contributed by atoms with Crippen LogP contribution in [0.3, 0.4) is 0 Å². The molecule has 0 radical (unpaired) electrons. The van der Waals surface area contributed by atoms with Crippen molar-refractivity contribution in [2.75, 3.05) is 19.8 Å². The van der Waals surface area contributed by atoms with Crippen LogP contribution in [0.5, 0.6) is 0 Å². The van der Waals surface area contributed by atoms with Gasteiger partial charge in [0.15, 0.2) is 0 Å². The summed E-state index contributed by atoms with van der Waals surface area (Å²) < 4.78 is 10.5. The second-order valence-electron chi connectivity index (χ2n) is 4.34. The summed E-state index contributed by atoms with van der Waals surface area (Å²) in [5.74, 6) is -1.62. The van der Waals surface area contributed by atoms with Crippen LogP contribution in [0.25, 0.3) is 0 Å². The highest BCUT2D eigenvalue weighted by molar-refractivity contribution is 4.92. The predicted molar refractivity (Wildman–Crippen MR) is 59.3 cm³/mol. The number of hydrogen-bond donors (Lipinski definition) is 4. The highest BCUT2D eigenvalue weighted by atomic mass is 16.7. The van der Waals surface area contributed by atoms with Crippen LogP contribution < -0.4 is 0 Å². The van der Waals surface area contributed by atoms with E-state index in [1.165, 1.54) is 0 Å². The molecule has 0 spiro atoms. The van der Waals surface area contributed by atoms with Crippen LogP contribution in [-0.2, 0) is 9.47 Å².